The van der Waals surface area contributed by atoms with Crippen LogP contribution >= 0.6 is 0 Å². The first kappa shape index (κ1) is 25.7. The second-order valence-corrected chi connectivity index (χ2v) is 8.84. The Hall–Kier alpha value is -4.99. The lowest BCUT2D eigenvalue weighted by atomic mass is 9.96. The summed E-state index contributed by atoms with van der Waals surface area (Å²) in [6.07, 6.45) is -3.07. The summed E-state index contributed by atoms with van der Waals surface area (Å²) in [7, 11) is 0. The zero-order chi connectivity index (χ0) is 27.6. The van der Waals surface area contributed by atoms with E-state index in [1.807, 2.05) is 0 Å². The van der Waals surface area contributed by atoms with Gasteiger partial charge in [0, 0.05) is 23.1 Å². The van der Waals surface area contributed by atoms with Crippen LogP contribution in [-0.4, -0.2) is 29.3 Å². The molecule has 3 aromatic carbocycles. The van der Waals surface area contributed by atoms with Gasteiger partial charge in [-0.1, -0.05) is 42.5 Å². The van der Waals surface area contributed by atoms with Gasteiger partial charge in [0.2, 0.25) is 11.8 Å². The van der Waals surface area contributed by atoms with Gasteiger partial charge in [-0.3, -0.25) is 19.4 Å². The third-order valence-corrected chi connectivity index (χ3v) is 6.16. The van der Waals surface area contributed by atoms with E-state index in [1.165, 1.54) is 23.1 Å². The van der Waals surface area contributed by atoms with Crippen molar-refractivity contribution in [1.82, 2.24) is 4.98 Å². The van der Waals surface area contributed by atoms with E-state index in [9.17, 15) is 27.6 Å². The highest BCUT2D eigenvalue weighted by Gasteiger charge is 2.32. The Kier molecular flexibility index (Phi) is 6.84. The molecule has 2 heterocycles. The van der Waals surface area contributed by atoms with Crippen molar-refractivity contribution >= 4 is 34.8 Å². The number of hydrogen-bond donors (Lipinski definition) is 2. The molecule has 3 amide bonds. The summed E-state index contributed by atoms with van der Waals surface area (Å²) in [6.45, 7) is -0.185. The van der Waals surface area contributed by atoms with Gasteiger partial charge >= 0.3 is 6.18 Å². The first-order valence-electron chi connectivity index (χ1n) is 11.9. The minimum absolute atomic E-state index is 0.0101. The van der Waals surface area contributed by atoms with Gasteiger partial charge in [-0.15, -0.1) is 0 Å². The van der Waals surface area contributed by atoms with Crippen molar-refractivity contribution < 1.29 is 27.6 Å². The number of carbonyl (C=O) groups is 3. The molecule has 0 spiro atoms. The SMILES string of the molecule is O=C1CN(C(=O)Cc2ccccn2)c2ccc(NC(=O)c3cc(C(F)(F)F)ccc3-c3ccccc3)cc2N1. The van der Waals surface area contributed by atoms with Gasteiger partial charge in [-0.25, -0.2) is 0 Å². The number of aromatic nitrogens is 1. The molecule has 1 aliphatic heterocycles. The van der Waals surface area contributed by atoms with E-state index in [1.54, 1.807) is 60.8 Å². The maximum absolute atomic E-state index is 13.4. The number of pyridine rings is 1. The monoisotopic (exact) mass is 530 g/mol. The number of fused-ring (bicyclic) bond motifs is 1. The Morgan fingerprint density at radius 3 is 2.44 bits per heavy atom. The van der Waals surface area contributed by atoms with E-state index in [0.717, 1.165) is 12.1 Å². The maximum Gasteiger partial charge on any atom is 0.416 e. The lowest BCUT2D eigenvalue weighted by Crippen LogP contribution is -2.43. The molecule has 0 fully saturated rings. The molecule has 1 aromatic heterocycles. The van der Waals surface area contributed by atoms with Crippen molar-refractivity contribution in [3.05, 3.63) is 108 Å². The third-order valence-electron chi connectivity index (χ3n) is 6.16. The molecular formula is C29H21F3N4O3. The van der Waals surface area contributed by atoms with E-state index >= 15 is 0 Å². The van der Waals surface area contributed by atoms with Crippen molar-refractivity contribution in [2.24, 2.45) is 0 Å². The number of halogens is 3. The normalized spacial score (nSPS) is 12.9. The molecule has 196 valence electrons. The Balaban J connectivity index is 1.43. The number of nitrogens with one attached hydrogen (secondary N) is 2. The van der Waals surface area contributed by atoms with Crippen LogP contribution in [0.25, 0.3) is 11.1 Å². The van der Waals surface area contributed by atoms with Gasteiger partial charge in [-0.2, -0.15) is 13.2 Å². The van der Waals surface area contributed by atoms with Gasteiger partial charge < -0.3 is 15.5 Å². The fourth-order valence-corrected chi connectivity index (χ4v) is 4.32. The molecule has 0 saturated carbocycles. The number of nitrogens with zero attached hydrogens (tertiary/aromatic N) is 2. The molecular weight excluding hydrogens is 509 g/mol. The molecule has 0 unspecified atom stereocenters. The van der Waals surface area contributed by atoms with E-state index < -0.39 is 23.6 Å². The fourth-order valence-electron chi connectivity index (χ4n) is 4.32. The van der Waals surface area contributed by atoms with Crippen molar-refractivity contribution in [3.8, 4) is 11.1 Å². The van der Waals surface area contributed by atoms with Crippen LogP contribution in [0, 0.1) is 0 Å². The van der Waals surface area contributed by atoms with E-state index in [2.05, 4.69) is 15.6 Å². The molecule has 7 nitrogen and oxygen atoms in total. The fraction of sp³-hybridized carbons (Fsp3) is 0.103. The molecule has 0 aliphatic carbocycles. The summed E-state index contributed by atoms with van der Waals surface area (Å²) in [5.74, 6) is -1.52. The van der Waals surface area contributed by atoms with Crippen molar-refractivity contribution in [2.45, 2.75) is 12.6 Å². The summed E-state index contributed by atoms with van der Waals surface area (Å²) in [6, 6.07) is 21.4. The summed E-state index contributed by atoms with van der Waals surface area (Å²) >= 11 is 0. The topological polar surface area (TPSA) is 91.4 Å². The first-order valence-corrected chi connectivity index (χ1v) is 11.9. The number of carbonyl (C=O) groups excluding carboxylic acids is 3. The maximum atomic E-state index is 13.4. The van der Waals surface area contributed by atoms with E-state index in [-0.39, 0.29) is 35.8 Å². The van der Waals surface area contributed by atoms with Crippen LogP contribution in [0.1, 0.15) is 21.6 Å². The van der Waals surface area contributed by atoms with Gasteiger partial charge in [0.1, 0.15) is 6.54 Å². The molecule has 2 N–H and O–H groups in total. The molecule has 0 saturated heterocycles. The summed E-state index contributed by atoms with van der Waals surface area (Å²) < 4.78 is 40.3. The van der Waals surface area contributed by atoms with Crippen LogP contribution in [0.5, 0.6) is 0 Å². The lowest BCUT2D eigenvalue weighted by Gasteiger charge is -2.29. The molecule has 10 heteroatoms. The van der Waals surface area contributed by atoms with E-state index in [4.69, 9.17) is 0 Å². The minimum atomic E-state index is -4.63. The Morgan fingerprint density at radius 1 is 0.949 bits per heavy atom. The van der Waals surface area contributed by atoms with Crippen molar-refractivity contribution in [2.75, 3.05) is 22.1 Å². The smallest absolute Gasteiger partial charge is 0.323 e. The van der Waals surface area contributed by atoms with Gasteiger partial charge in [0.25, 0.3) is 5.91 Å². The minimum Gasteiger partial charge on any atom is -0.323 e. The van der Waals surface area contributed by atoms with Crippen LogP contribution in [0.2, 0.25) is 0 Å². The summed E-state index contributed by atoms with van der Waals surface area (Å²) in [4.78, 5) is 44.1. The molecule has 4 aromatic rings. The molecule has 1 aliphatic rings. The lowest BCUT2D eigenvalue weighted by molar-refractivity contribution is -0.137. The van der Waals surface area contributed by atoms with Crippen LogP contribution < -0.4 is 15.5 Å². The Labute approximate surface area is 221 Å². The van der Waals surface area contributed by atoms with Gasteiger partial charge in [0.05, 0.1) is 23.4 Å². The summed E-state index contributed by atoms with van der Waals surface area (Å²) in [5, 5.41) is 5.30. The number of alkyl halides is 3. The first-order chi connectivity index (χ1) is 18.7. The summed E-state index contributed by atoms with van der Waals surface area (Å²) in [5.41, 5.74) is 1.29. The van der Waals surface area contributed by atoms with E-state index in [0.29, 0.717) is 22.5 Å². The second-order valence-electron chi connectivity index (χ2n) is 8.84. The molecule has 39 heavy (non-hydrogen) atoms. The number of hydrogen-bond acceptors (Lipinski definition) is 4. The van der Waals surface area contributed by atoms with Gasteiger partial charge in [0.15, 0.2) is 0 Å². The Morgan fingerprint density at radius 2 is 1.72 bits per heavy atom. The van der Waals surface area contributed by atoms with Crippen LogP contribution in [0.15, 0.2) is 91.1 Å². The number of anilines is 3. The molecule has 0 radical (unpaired) electrons. The third kappa shape index (κ3) is 5.64. The number of amides is 3. The second kappa shape index (κ2) is 10.4. The largest absolute Gasteiger partial charge is 0.416 e. The average molecular weight is 531 g/mol. The Bertz CT molecular complexity index is 1560. The standard InChI is InChI=1S/C29H21F3N4O3/c30-29(31,32)19-9-11-22(18-6-2-1-3-7-18)23(14-19)28(39)34-21-10-12-25-24(15-21)35-26(37)17-36(25)27(38)16-20-8-4-5-13-33-20/h1-15H,16-17H2,(H,34,39)(H,35,37). The van der Waals surface area contributed by atoms with Crippen molar-refractivity contribution in [1.29, 1.82) is 0 Å². The van der Waals surface area contributed by atoms with Crippen LogP contribution in [0.4, 0.5) is 30.2 Å². The molecule has 5 rings (SSSR count). The molecule has 0 atom stereocenters. The highest BCUT2D eigenvalue weighted by atomic mass is 19.4. The highest BCUT2D eigenvalue weighted by molar-refractivity contribution is 6.12. The van der Waals surface area contributed by atoms with Crippen LogP contribution in [-0.2, 0) is 22.2 Å². The average Bonchev–Trinajstić information content (AvgIpc) is 2.92. The number of benzene rings is 3. The van der Waals surface area contributed by atoms with Crippen molar-refractivity contribution in [3.63, 3.8) is 0 Å². The van der Waals surface area contributed by atoms with Gasteiger partial charge in [-0.05, 0) is 53.6 Å². The molecule has 0 bridgehead atoms. The van der Waals surface area contributed by atoms with Crippen LogP contribution in [0.3, 0.4) is 0 Å². The number of rotatable bonds is 5. The quantitative estimate of drug-likeness (QED) is 0.354. The predicted octanol–water partition coefficient (Wildman–Crippen LogP) is 5.55. The highest BCUT2D eigenvalue weighted by Crippen LogP contribution is 2.35. The predicted molar refractivity (Wildman–Crippen MR) is 140 cm³/mol. The zero-order valence-electron chi connectivity index (χ0n) is 20.3. The zero-order valence-corrected chi connectivity index (χ0v) is 20.3.